The van der Waals surface area contributed by atoms with E-state index in [9.17, 15) is 14.3 Å². The Labute approximate surface area is 251 Å². The second-order valence-electron chi connectivity index (χ2n) is 11.3. The van der Waals surface area contributed by atoms with Crippen LogP contribution in [0.3, 0.4) is 0 Å². The minimum atomic E-state index is -1.03. The van der Waals surface area contributed by atoms with Crippen LogP contribution in [0.5, 0.6) is 5.75 Å². The molecule has 4 aromatic rings. The normalized spacial score (nSPS) is 20.8. The van der Waals surface area contributed by atoms with Crippen molar-refractivity contribution in [2.45, 2.75) is 50.5 Å². The van der Waals surface area contributed by atoms with Crippen LogP contribution in [0.4, 0.5) is 8.78 Å². The van der Waals surface area contributed by atoms with Crippen LogP contribution in [0, 0.1) is 5.82 Å². The zero-order valence-electron chi connectivity index (χ0n) is 23.2. The lowest BCUT2D eigenvalue weighted by Crippen LogP contribution is -2.35. The smallest absolute Gasteiger partial charge is 0.337 e. The Bertz CT molecular complexity index is 1750. The number of imidazole rings is 1. The summed E-state index contributed by atoms with van der Waals surface area (Å²) in [5.74, 6) is -0.594. The van der Waals surface area contributed by atoms with Gasteiger partial charge < -0.3 is 19.1 Å². The number of piperidine rings is 1. The molecule has 2 atom stereocenters. The van der Waals surface area contributed by atoms with Crippen LogP contribution in [0.1, 0.15) is 64.2 Å². The number of nitrogens with zero attached hydrogens (tertiary/aromatic N) is 4. The Kier molecular flexibility index (Phi) is 7.36. The van der Waals surface area contributed by atoms with Gasteiger partial charge in [0.2, 0.25) is 0 Å². The van der Waals surface area contributed by atoms with Gasteiger partial charge in [0.25, 0.3) is 0 Å². The van der Waals surface area contributed by atoms with Crippen LogP contribution in [-0.2, 0) is 17.8 Å². The number of rotatable bonds is 7. The molecule has 0 aliphatic carbocycles. The quantitative estimate of drug-likeness (QED) is 0.256. The molecule has 43 heavy (non-hydrogen) atoms. The molecule has 0 saturated carbocycles. The summed E-state index contributed by atoms with van der Waals surface area (Å²) in [5, 5.41) is 9.75. The largest absolute Gasteiger partial charge is 0.480 e. The summed E-state index contributed by atoms with van der Waals surface area (Å²) in [5.41, 5.74) is 2.86. The highest BCUT2D eigenvalue weighted by Gasteiger charge is 2.31. The number of fused-ring (bicyclic) bond motifs is 2. The van der Waals surface area contributed by atoms with Crippen LogP contribution in [0.25, 0.3) is 17.0 Å². The first kappa shape index (κ1) is 27.9. The molecule has 3 aliphatic rings. The van der Waals surface area contributed by atoms with Crippen molar-refractivity contribution in [3.8, 4) is 5.75 Å². The van der Waals surface area contributed by atoms with Crippen LogP contribution in [0.2, 0.25) is 5.02 Å². The Hall–Kier alpha value is -3.86. The summed E-state index contributed by atoms with van der Waals surface area (Å²) < 4.78 is 43.9. The molecule has 0 radical (unpaired) electrons. The summed E-state index contributed by atoms with van der Waals surface area (Å²) in [4.78, 5) is 23.0. The van der Waals surface area contributed by atoms with Crippen molar-refractivity contribution in [3.05, 3.63) is 93.7 Å². The third-order valence-corrected chi connectivity index (χ3v) is 8.85. The van der Waals surface area contributed by atoms with E-state index in [0.29, 0.717) is 35.6 Å². The fourth-order valence-corrected chi connectivity index (χ4v) is 6.35. The molecule has 7 rings (SSSR count). The van der Waals surface area contributed by atoms with Crippen LogP contribution in [0.15, 0.2) is 54.7 Å². The van der Waals surface area contributed by atoms with E-state index >= 15 is 4.39 Å². The van der Waals surface area contributed by atoms with Gasteiger partial charge in [-0.25, -0.2) is 23.5 Å². The minimum Gasteiger partial charge on any atom is -0.480 e. The van der Waals surface area contributed by atoms with E-state index in [4.69, 9.17) is 26.1 Å². The molecule has 0 amide bonds. The van der Waals surface area contributed by atoms with Gasteiger partial charge in [0, 0.05) is 23.4 Å². The van der Waals surface area contributed by atoms with Crippen molar-refractivity contribution in [1.29, 1.82) is 0 Å². The average molecular weight is 607 g/mol. The second-order valence-corrected chi connectivity index (χ2v) is 11.7. The molecule has 1 unspecified atom stereocenters. The molecule has 2 saturated heterocycles. The third kappa shape index (κ3) is 5.39. The first-order valence-electron chi connectivity index (χ1n) is 14.4. The van der Waals surface area contributed by atoms with Crippen molar-refractivity contribution >= 4 is 34.6 Å². The lowest BCUT2D eigenvalue weighted by atomic mass is 9.86. The third-order valence-electron chi connectivity index (χ3n) is 8.62. The molecule has 1 N–H and O–H groups in total. The average Bonchev–Trinajstić information content (AvgIpc) is 3.31. The maximum Gasteiger partial charge on any atom is 0.337 e. The van der Waals surface area contributed by atoms with Gasteiger partial charge in [-0.15, -0.1) is 0 Å². The van der Waals surface area contributed by atoms with E-state index in [0.717, 1.165) is 50.3 Å². The van der Waals surface area contributed by atoms with Gasteiger partial charge in [-0.1, -0.05) is 29.8 Å². The van der Waals surface area contributed by atoms with Gasteiger partial charge in [-0.05, 0) is 74.2 Å². The van der Waals surface area contributed by atoms with Crippen LogP contribution >= 0.6 is 11.6 Å². The summed E-state index contributed by atoms with van der Waals surface area (Å²) in [6, 6.07) is 11.4. The van der Waals surface area contributed by atoms with Gasteiger partial charge in [-0.3, -0.25) is 4.90 Å². The van der Waals surface area contributed by atoms with E-state index in [1.807, 2.05) is 16.7 Å². The Balaban J connectivity index is 1.10. The van der Waals surface area contributed by atoms with Gasteiger partial charge >= 0.3 is 5.97 Å². The van der Waals surface area contributed by atoms with E-state index in [-0.39, 0.29) is 28.2 Å². The van der Waals surface area contributed by atoms with Crippen LogP contribution < -0.4 is 4.74 Å². The molecule has 2 aromatic heterocycles. The van der Waals surface area contributed by atoms with Crippen molar-refractivity contribution < 1.29 is 28.2 Å². The molecular weight excluding hydrogens is 578 g/mol. The van der Waals surface area contributed by atoms with Gasteiger partial charge in [0.05, 0.1) is 35.8 Å². The number of hydrogen-bond donors (Lipinski definition) is 1. The number of para-hydroxylation sites is 1. The zero-order chi connectivity index (χ0) is 29.7. The number of carboxylic acids is 1. The standard InChI is InChI=1S/C32H29ClF2N4O4/c33-20-4-5-23(25(34)13-20)28-14-26(35)24-3-1-2-22(30(24)43-28)18-6-9-38(10-7-18)17-29-37-31-27(12-19(15-36-31)32(40)41)39(29)16-21-8-11-42-21/h1-5,12-15,18,21,28H,6-11,16-17H2,(H,40,41)/t21-,28?/m0/s1. The first-order chi connectivity index (χ1) is 20.8. The van der Waals surface area contributed by atoms with Gasteiger partial charge in [0.1, 0.15) is 29.3 Å². The molecular formula is C32H29ClF2N4O4. The fourth-order valence-electron chi connectivity index (χ4n) is 6.19. The predicted octanol–water partition coefficient (Wildman–Crippen LogP) is 6.53. The number of carbonyl (C=O) groups is 1. The number of hydrogen-bond acceptors (Lipinski definition) is 6. The molecule has 0 bridgehead atoms. The van der Waals surface area contributed by atoms with Crippen molar-refractivity contribution in [3.63, 3.8) is 0 Å². The van der Waals surface area contributed by atoms with Crippen molar-refractivity contribution in [2.75, 3.05) is 19.7 Å². The number of carboxylic acid groups (broad SMARTS) is 1. The monoisotopic (exact) mass is 606 g/mol. The van der Waals surface area contributed by atoms with Crippen molar-refractivity contribution in [1.82, 2.24) is 19.4 Å². The fraction of sp³-hybridized carbons (Fsp3) is 0.344. The second kappa shape index (κ2) is 11.3. The molecule has 11 heteroatoms. The summed E-state index contributed by atoms with van der Waals surface area (Å²) in [6.45, 7) is 3.45. The van der Waals surface area contributed by atoms with Gasteiger partial charge in [0.15, 0.2) is 5.65 Å². The Morgan fingerprint density at radius 1 is 1.09 bits per heavy atom. The Morgan fingerprint density at radius 2 is 1.91 bits per heavy atom. The Morgan fingerprint density at radius 3 is 2.63 bits per heavy atom. The number of ether oxygens (including phenoxy) is 2. The maximum absolute atomic E-state index is 15.3. The highest BCUT2D eigenvalue weighted by Crippen LogP contribution is 2.45. The SMILES string of the molecule is O=C(O)c1cnc2nc(CN3CCC(c4cccc5c4OC(c4ccc(Cl)cc4F)C=C5F)CC3)n(C[C@@H]3CCO3)c2c1. The lowest BCUT2D eigenvalue weighted by Gasteiger charge is -2.34. The van der Waals surface area contributed by atoms with Gasteiger partial charge in [-0.2, -0.15) is 0 Å². The topological polar surface area (TPSA) is 89.7 Å². The molecule has 0 spiro atoms. The van der Waals surface area contributed by atoms with E-state index < -0.39 is 23.7 Å². The summed E-state index contributed by atoms with van der Waals surface area (Å²) in [6.07, 6.45) is 4.39. The van der Waals surface area contributed by atoms with E-state index in [1.54, 1.807) is 18.2 Å². The molecule has 3 aliphatic heterocycles. The highest BCUT2D eigenvalue weighted by molar-refractivity contribution is 6.30. The molecule has 2 fully saturated rings. The minimum absolute atomic E-state index is 0.0687. The molecule has 5 heterocycles. The lowest BCUT2D eigenvalue weighted by molar-refractivity contribution is -0.0592. The zero-order valence-corrected chi connectivity index (χ0v) is 23.9. The van der Waals surface area contributed by atoms with E-state index in [1.165, 1.54) is 24.4 Å². The predicted molar refractivity (Wildman–Crippen MR) is 156 cm³/mol. The summed E-state index contributed by atoms with van der Waals surface area (Å²) >= 11 is 5.92. The molecule has 8 nitrogen and oxygen atoms in total. The highest BCUT2D eigenvalue weighted by atomic mass is 35.5. The molecule has 2 aromatic carbocycles. The number of likely N-dealkylation sites (tertiary alicyclic amines) is 1. The summed E-state index contributed by atoms with van der Waals surface area (Å²) in [7, 11) is 0. The number of aromatic carboxylic acids is 1. The maximum atomic E-state index is 15.3. The molecule has 222 valence electrons. The first-order valence-corrected chi connectivity index (χ1v) is 14.8. The number of aromatic nitrogens is 3. The number of halogens is 3. The van der Waals surface area contributed by atoms with Crippen molar-refractivity contribution in [2.24, 2.45) is 0 Å². The van der Waals surface area contributed by atoms with Crippen LogP contribution in [-0.4, -0.2) is 56.3 Å². The van der Waals surface area contributed by atoms with E-state index in [2.05, 4.69) is 9.88 Å². The number of pyridine rings is 1. The number of benzene rings is 2.